The molecule has 3 amide bonds. The SMILES string of the molecule is COC(=O)c1cc(Cl)c(NC(=O)c2ccc(C)c(NC3=C(Cl)C(=O)N(Cc4ccccc4)C3=O)c2)cc1OC. The second-order valence-corrected chi connectivity index (χ2v) is 9.29. The first-order valence-electron chi connectivity index (χ1n) is 11.6. The summed E-state index contributed by atoms with van der Waals surface area (Å²) in [4.78, 5) is 51.9. The Morgan fingerprint density at radius 2 is 1.64 bits per heavy atom. The molecule has 11 heteroatoms. The molecule has 0 aliphatic carbocycles. The zero-order valence-electron chi connectivity index (χ0n) is 21.1. The molecule has 4 rings (SSSR count). The van der Waals surface area contributed by atoms with E-state index >= 15 is 0 Å². The van der Waals surface area contributed by atoms with E-state index in [2.05, 4.69) is 10.6 Å². The molecule has 39 heavy (non-hydrogen) atoms. The molecule has 0 saturated heterocycles. The predicted octanol–water partition coefficient (Wildman–Crippen LogP) is 5.13. The van der Waals surface area contributed by atoms with Crippen molar-refractivity contribution in [2.24, 2.45) is 0 Å². The molecule has 0 unspecified atom stereocenters. The summed E-state index contributed by atoms with van der Waals surface area (Å²) in [6.07, 6.45) is 0. The zero-order chi connectivity index (χ0) is 28.3. The van der Waals surface area contributed by atoms with Gasteiger partial charge in [-0.3, -0.25) is 19.3 Å². The maximum absolute atomic E-state index is 13.1. The second-order valence-electron chi connectivity index (χ2n) is 8.50. The van der Waals surface area contributed by atoms with Crippen molar-refractivity contribution in [3.63, 3.8) is 0 Å². The maximum Gasteiger partial charge on any atom is 0.341 e. The monoisotopic (exact) mass is 567 g/mol. The third kappa shape index (κ3) is 5.74. The largest absolute Gasteiger partial charge is 0.496 e. The normalized spacial score (nSPS) is 13.0. The summed E-state index contributed by atoms with van der Waals surface area (Å²) in [5.41, 5.74) is 2.34. The molecule has 1 aliphatic rings. The summed E-state index contributed by atoms with van der Waals surface area (Å²) in [5.74, 6) is -2.19. The molecule has 0 fully saturated rings. The lowest BCUT2D eigenvalue weighted by atomic mass is 10.1. The molecule has 0 radical (unpaired) electrons. The van der Waals surface area contributed by atoms with Crippen LogP contribution in [0.25, 0.3) is 0 Å². The molecule has 1 heterocycles. The van der Waals surface area contributed by atoms with Crippen LogP contribution in [0.5, 0.6) is 5.75 Å². The molecule has 0 atom stereocenters. The number of carbonyl (C=O) groups excluding carboxylic acids is 4. The zero-order valence-corrected chi connectivity index (χ0v) is 22.6. The maximum atomic E-state index is 13.1. The molecular weight excluding hydrogens is 545 g/mol. The van der Waals surface area contributed by atoms with Gasteiger partial charge in [-0.1, -0.05) is 59.6 Å². The van der Waals surface area contributed by atoms with Gasteiger partial charge >= 0.3 is 5.97 Å². The first-order chi connectivity index (χ1) is 18.6. The van der Waals surface area contributed by atoms with Crippen LogP contribution in [0.15, 0.2) is 71.4 Å². The Hall–Kier alpha value is -4.34. The first kappa shape index (κ1) is 27.7. The Kier molecular flexibility index (Phi) is 8.23. The average molecular weight is 568 g/mol. The van der Waals surface area contributed by atoms with Crippen LogP contribution in [0.1, 0.15) is 31.8 Å². The summed E-state index contributed by atoms with van der Waals surface area (Å²) in [7, 11) is 2.60. The van der Waals surface area contributed by atoms with E-state index in [1.165, 1.54) is 32.4 Å². The highest BCUT2D eigenvalue weighted by Crippen LogP contribution is 2.33. The van der Waals surface area contributed by atoms with Crippen molar-refractivity contribution in [2.45, 2.75) is 13.5 Å². The van der Waals surface area contributed by atoms with E-state index in [1.54, 1.807) is 31.2 Å². The van der Waals surface area contributed by atoms with Crippen molar-refractivity contribution in [3.8, 4) is 5.75 Å². The summed E-state index contributed by atoms with van der Waals surface area (Å²) in [5, 5.41) is 5.47. The lowest BCUT2D eigenvalue weighted by Crippen LogP contribution is -2.31. The van der Waals surface area contributed by atoms with E-state index in [0.29, 0.717) is 11.3 Å². The highest BCUT2D eigenvalue weighted by atomic mass is 35.5. The molecule has 0 saturated carbocycles. The van der Waals surface area contributed by atoms with Crippen LogP contribution in [-0.2, 0) is 20.9 Å². The third-order valence-electron chi connectivity index (χ3n) is 6.00. The molecule has 0 aromatic heterocycles. The van der Waals surface area contributed by atoms with Crippen LogP contribution < -0.4 is 15.4 Å². The number of nitrogens with one attached hydrogen (secondary N) is 2. The van der Waals surface area contributed by atoms with Gasteiger partial charge in [-0.2, -0.15) is 0 Å². The quantitative estimate of drug-likeness (QED) is 0.286. The predicted molar refractivity (Wildman–Crippen MR) is 147 cm³/mol. The Labute approximate surface area is 234 Å². The fourth-order valence-corrected chi connectivity index (χ4v) is 4.32. The number of halogens is 2. The van der Waals surface area contributed by atoms with Gasteiger partial charge in [-0.05, 0) is 36.2 Å². The minimum atomic E-state index is -0.642. The number of imide groups is 1. The molecule has 0 spiro atoms. The van der Waals surface area contributed by atoms with Crippen molar-refractivity contribution in [1.29, 1.82) is 0 Å². The van der Waals surface area contributed by atoms with Gasteiger partial charge in [0.25, 0.3) is 17.7 Å². The van der Waals surface area contributed by atoms with Crippen LogP contribution in [0.2, 0.25) is 5.02 Å². The first-order valence-corrected chi connectivity index (χ1v) is 12.3. The van der Waals surface area contributed by atoms with Gasteiger partial charge in [-0.25, -0.2) is 4.79 Å². The van der Waals surface area contributed by atoms with Crippen molar-refractivity contribution < 1.29 is 28.7 Å². The average Bonchev–Trinajstić information content (AvgIpc) is 3.13. The van der Waals surface area contributed by atoms with Gasteiger partial charge in [0.15, 0.2) is 0 Å². The van der Waals surface area contributed by atoms with E-state index in [9.17, 15) is 19.2 Å². The highest BCUT2D eigenvalue weighted by Gasteiger charge is 2.38. The molecule has 0 bridgehead atoms. The third-order valence-corrected chi connectivity index (χ3v) is 6.66. The highest BCUT2D eigenvalue weighted by molar-refractivity contribution is 6.48. The second kappa shape index (κ2) is 11.6. The molecule has 1 aliphatic heterocycles. The Balaban J connectivity index is 1.55. The van der Waals surface area contributed by atoms with Gasteiger partial charge in [0.1, 0.15) is 22.0 Å². The molecule has 3 aromatic carbocycles. The van der Waals surface area contributed by atoms with Crippen molar-refractivity contribution in [3.05, 3.63) is 98.7 Å². The molecule has 9 nitrogen and oxygen atoms in total. The van der Waals surface area contributed by atoms with Crippen molar-refractivity contribution in [2.75, 3.05) is 24.9 Å². The number of nitrogens with zero attached hydrogens (tertiary/aromatic N) is 1. The van der Waals surface area contributed by atoms with Gasteiger partial charge in [0, 0.05) is 17.3 Å². The van der Waals surface area contributed by atoms with Crippen LogP contribution in [0, 0.1) is 6.92 Å². The number of anilines is 2. The number of methoxy groups -OCH3 is 2. The number of amides is 3. The lowest BCUT2D eigenvalue weighted by molar-refractivity contribution is -0.138. The van der Waals surface area contributed by atoms with Crippen LogP contribution in [0.4, 0.5) is 11.4 Å². The van der Waals surface area contributed by atoms with E-state index in [0.717, 1.165) is 10.5 Å². The van der Waals surface area contributed by atoms with E-state index in [1.807, 2.05) is 18.2 Å². The number of ether oxygens (including phenoxy) is 2. The van der Waals surface area contributed by atoms with Crippen LogP contribution in [-0.4, -0.2) is 42.8 Å². The smallest absolute Gasteiger partial charge is 0.341 e. The van der Waals surface area contributed by atoms with Gasteiger partial charge in [0.05, 0.1) is 31.5 Å². The van der Waals surface area contributed by atoms with E-state index in [-0.39, 0.29) is 44.9 Å². The summed E-state index contributed by atoms with van der Waals surface area (Å²) < 4.78 is 9.96. The van der Waals surface area contributed by atoms with Crippen LogP contribution >= 0.6 is 23.2 Å². The van der Waals surface area contributed by atoms with Gasteiger partial charge in [0.2, 0.25) is 0 Å². The fraction of sp³-hybridized carbons (Fsp3) is 0.143. The number of hydrogen-bond donors (Lipinski definition) is 2. The fourth-order valence-electron chi connectivity index (χ4n) is 3.88. The topological polar surface area (TPSA) is 114 Å². The standard InChI is InChI=1S/C28H23Cl2N3O6/c1-15-9-10-17(25(34)32-21-13-22(38-2)18(12-19(21)29)28(37)39-3)11-20(15)31-24-23(30)26(35)33(27(24)36)14-16-7-5-4-6-8-16/h4-13,31H,14H2,1-3H3,(H,32,34). The van der Waals surface area contributed by atoms with Crippen molar-refractivity contribution >= 4 is 58.3 Å². The summed E-state index contributed by atoms with van der Waals surface area (Å²) in [6, 6.07) is 16.6. The molecule has 2 N–H and O–H groups in total. The Morgan fingerprint density at radius 1 is 0.923 bits per heavy atom. The lowest BCUT2D eigenvalue weighted by Gasteiger charge is -2.16. The van der Waals surface area contributed by atoms with E-state index in [4.69, 9.17) is 32.7 Å². The van der Waals surface area contributed by atoms with Crippen LogP contribution in [0.3, 0.4) is 0 Å². The number of benzene rings is 3. The molecule has 200 valence electrons. The summed E-state index contributed by atoms with van der Waals surface area (Å²) >= 11 is 12.5. The number of carbonyl (C=O) groups is 4. The number of hydrogen-bond acceptors (Lipinski definition) is 7. The number of aryl methyl sites for hydroxylation is 1. The van der Waals surface area contributed by atoms with E-state index < -0.39 is 23.7 Å². The Morgan fingerprint density at radius 3 is 2.31 bits per heavy atom. The molecular formula is C28H23Cl2N3O6. The Bertz CT molecular complexity index is 1520. The minimum Gasteiger partial charge on any atom is -0.496 e. The van der Waals surface area contributed by atoms with Gasteiger partial charge in [-0.15, -0.1) is 0 Å². The van der Waals surface area contributed by atoms with Crippen molar-refractivity contribution in [1.82, 2.24) is 4.90 Å². The number of rotatable bonds is 8. The molecule has 3 aromatic rings. The summed E-state index contributed by atoms with van der Waals surface area (Å²) in [6.45, 7) is 1.84. The van der Waals surface area contributed by atoms with Gasteiger partial charge < -0.3 is 20.1 Å². The minimum absolute atomic E-state index is 0.0698. The number of esters is 1.